The molecule has 0 saturated heterocycles. The van der Waals surface area contributed by atoms with Gasteiger partial charge in [0, 0.05) is 22.5 Å². The highest BCUT2D eigenvalue weighted by molar-refractivity contribution is 5.78. The number of fused-ring (bicyclic) bond motifs is 2. The maximum Gasteiger partial charge on any atom is 0.0462 e. The lowest BCUT2D eigenvalue weighted by Crippen LogP contribution is -2.27. The van der Waals surface area contributed by atoms with Crippen molar-refractivity contribution < 1.29 is 0 Å². The van der Waals surface area contributed by atoms with Gasteiger partial charge in [-0.1, -0.05) is 129 Å². The molecule has 3 unspecified atom stereocenters. The molecule has 0 heterocycles. The summed E-state index contributed by atoms with van der Waals surface area (Å²) in [5.74, 6) is 2.62. The van der Waals surface area contributed by atoms with Gasteiger partial charge in [0.15, 0.2) is 0 Å². The molecule has 0 aliphatic heterocycles. The van der Waals surface area contributed by atoms with Crippen LogP contribution >= 0.6 is 0 Å². The van der Waals surface area contributed by atoms with Gasteiger partial charge in [-0.2, -0.15) is 0 Å². The second-order valence-corrected chi connectivity index (χ2v) is 14.0. The first kappa shape index (κ1) is 28.4. The quantitative estimate of drug-likeness (QED) is 0.171. The van der Waals surface area contributed by atoms with Gasteiger partial charge in [-0.3, -0.25) is 0 Å². The first-order valence-electron chi connectivity index (χ1n) is 17.5. The van der Waals surface area contributed by atoms with Crippen molar-refractivity contribution in [1.29, 1.82) is 0 Å². The van der Waals surface area contributed by atoms with Crippen molar-refractivity contribution in [2.24, 2.45) is 11.8 Å². The molecule has 8 rings (SSSR count). The summed E-state index contributed by atoms with van der Waals surface area (Å²) in [5.41, 5.74) is 10.7. The second kappa shape index (κ2) is 12.4. The van der Waals surface area contributed by atoms with Crippen LogP contribution in [0.1, 0.15) is 86.8 Å². The van der Waals surface area contributed by atoms with Gasteiger partial charge < -0.3 is 4.90 Å². The van der Waals surface area contributed by atoms with Gasteiger partial charge in [0.2, 0.25) is 0 Å². The zero-order valence-corrected chi connectivity index (χ0v) is 26.5. The molecule has 5 aromatic carbocycles. The van der Waals surface area contributed by atoms with Gasteiger partial charge >= 0.3 is 0 Å². The highest BCUT2D eigenvalue weighted by Gasteiger charge is 2.40. The number of anilines is 3. The Bertz CT molecular complexity index is 1680. The van der Waals surface area contributed by atoms with Crippen LogP contribution in [0.15, 0.2) is 133 Å². The van der Waals surface area contributed by atoms with E-state index in [1.165, 1.54) is 104 Å². The molecule has 2 bridgehead atoms. The third-order valence-electron chi connectivity index (χ3n) is 11.5. The van der Waals surface area contributed by atoms with E-state index >= 15 is 0 Å². The molecule has 45 heavy (non-hydrogen) atoms. The van der Waals surface area contributed by atoms with Crippen LogP contribution in [0, 0.1) is 11.8 Å². The van der Waals surface area contributed by atoms with Crippen LogP contribution in [0.25, 0.3) is 11.1 Å². The smallest absolute Gasteiger partial charge is 0.0462 e. The van der Waals surface area contributed by atoms with E-state index in [0.717, 1.165) is 17.8 Å². The fourth-order valence-corrected chi connectivity index (χ4v) is 9.17. The Morgan fingerprint density at radius 2 is 1.00 bits per heavy atom. The molecule has 0 radical (unpaired) electrons. The molecule has 0 aromatic heterocycles. The SMILES string of the molecule is c1ccc(-c2ccc(N(c3ccc(C4CC5CCC4C5)cc3)c3ccc(C4(c5ccccc5)CCCCCC4)cc3)cc2)cc1. The van der Waals surface area contributed by atoms with E-state index in [1.807, 2.05) is 0 Å². The normalized spacial score (nSPS) is 22.2. The number of benzene rings is 5. The Kier molecular flexibility index (Phi) is 7.79. The van der Waals surface area contributed by atoms with Crippen molar-refractivity contribution in [3.8, 4) is 11.1 Å². The highest BCUT2D eigenvalue weighted by Crippen LogP contribution is 2.53. The molecule has 5 aromatic rings. The van der Waals surface area contributed by atoms with Crippen molar-refractivity contribution in [3.05, 3.63) is 150 Å². The predicted octanol–water partition coefficient (Wildman–Crippen LogP) is 12.4. The van der Waals surface area contributed by atoms with E-state index in [9.17, 15) is 0 Å². The Balaban J connectivity index is 1.16. The van der Waals surface area contributed by atoms with Crippen LogP contribution in [0.2, 0.25) is 0 Å². The minimum atomic E-state index is 0.0980. The van der Waals surface area contributed by atoms with Gasteiger partial charge in [-0.05, 0) is 114 Å². The summed E-state index contributed by atoms with van der Waals surface area (Å²) in [6, 6.07) is 50.3. The van der Waals surface area contributed by atoms with Gasteiger partial charge in [-0.25, -0.2) is 0 Å². The summed E-state index contributed by atoms with van der Waals surface area (Å²) >= 11 is 0. The predicted molar refractivity (Wildman–Crippen MR) is 190 cm³/mol. The summed E-state index contributed by atoms with van der Waals surface area (Å²) in [5, 5.41) is 0. The summed E-state index contributed by atoms with van der Waals surface area (Å²) < 4.78 is 0. The summed E-state index contributed by atoms with van der Waals surface area (Å²) in [4.78, 5) is 2.45. The third kappa shape index (κ3) is 5.52. The van der Waals surface area contributed by atoms with Crippen molar-refractivity contribution >= 4 is 17.1 Å². The largest absolute Gasteiger partial charge is 0.311 e. The molecule has 3 aliphatic carbocycles. The molecule has 3 saturated carbocycles. The number of nitrogens with zero attached hydrogens (tertiary/aromatic N) is 1. The highest BCUT2D eigenvalue weighted by atomic mass is 15.1. The zero-order chi connectivity index (χ0) is 30.1. The van der Waals surface area contributed by atoms with Crippen molar-refractivity contribution in [3.63, 3.8) is 0 Å². The second-order valence-electron chi connectivity index (χ2n) is 14.0. The van der Waals surface area contributed by atoms with E-state index in [4.69, 9.17) is 0 Å². The fraction of sp³-hybridized carbons (Fsp3) is 0.318. The van der Waals surface area contributed by atoms with Gasteiger partial charge in [0.1, 0.15) is 0 Å². The summed E-state index contributed by atoms with van der Waals surface area (Å²) in [7, 11) is 0. The molecule has 1 heteroatoms. The van der Waals surface area contributed by atoms with Gasteiger partial charge in [0.05, 0.1) is 0 Å². The van der Waals surface area contributed by atoms with Crippen LogP contribution in [0.5, 0.6) is 0 Å². The Morgan fingerprint density at radius 1 is 0.467 bits per heavy atom. The van der Waals surface area contributed by atoms with E-state index in [1.54, 1.807) is 5.56 Å². The third-order valence-corrected chi connectivity index (χ3v) is 11.5. The molecular formula is C44H45N. The van der Waals surface area contributed by atoms with Gasteiger partial charge in [0.25, 0.3) is 0 Å². The lowest BCUT2D eigenvalue weighted by molar-refractivity contribution is 0.420. The van der Waals surface area contributed by atoms with Crippen molar-refractivity contribution in [2.75, 3.05) is 4.90 Å². The minimum Gasteiger partial charge on any atom is -0.311 e. The summed E-state index contributed by atoms with van der Waals surface area (Å²) in [6.45, 7) is 0. The first-order valence-corrected chi connectivity index (χ1v) is 17.5. The van der Waals surface area contributed by atoms with Gasteiger partial charge in [-0.15, -0.1) is 0 Å². The molecule has 1 nitrogen and oxygen atoms in total. The number of hydrogen-bond donors (Lipinski definition) is 0. The molecule has 0 amide bonds. The average molecular weight is 588 g/mol. The van der Waals surface area contributed by atoms with E-state index in [2.05, 4.69) is 138 Å². The molecule has 3 atom stereocenters. The zero-order valence-electron chi connectivity index (χ0n) is 26.5. The van der Waals surface area contributed by atoms with Crippen LogP contribution in [0.4, 0.5) is 17.1 Å². The average Bonchev–Trinajstić information content (AvgIpc) is 3.67. The van der Waals surface area contributed by atoms with Crippen LogP contribution in [-0.2, 0) is 5.41 Å². The minimum absolute atomic E-state index is 0.0980. The Hall–Kier alpha value is -4.10. The molecule has 3 fully saturated rings. The van der Waals surface area contributed by atoms with Crippen LogP contribution in [-0.4, -0.2) is 0 Å². The molecular weight excluding hydrogens is 542 g/mol. The maximum atomic E-state index is 2.45. The Labute approximate surface area is 270 Å². The summed E-state index contributed by atoms with van der Waals surface area (Å²) in [6.07, 6.45) is 13.5. The number of rotatable bonds is 7. The molecule has 0 spiro atoms. The molecule has 3 aliphatic rings. The standard InChI is InChI=1S/C44H45N/c1-2-10-30-44(29-9-1,38-13-7-4-8-14-38)39-21-27-42(28-22-39)45(40-23-17-35(18-24-40)34-11-5-3-6-12-34)41-25-19-36(20-26-41)43-32-33-15-16-37(43)31-33/h3-8,11-14,17-28,33,37,43H,1-2,9-10,15-16,29-32H2. The topological polar surface area (TPSA) is 3.24 Å². The lowest BCUT2D eigenvalue weighted by Gasteiger charge is -2.35. The van der Waals surface area contributed by atoms with E-state index in [0.29, 0.717) is 0 Å². The molecule has 0 N–H and O–H groups in total. The molecule has 226 valence electrons. The monoisotopic (exact) mass is 587 g/mol. The van der Waals surface area contributed by atoms with Crippen molar-refractivity contribution in [1.82, 2.24) is 0 Å². The lowest BCUT2D eigenvalue weighted by atomic mass is 9.69. The number of hydrogen-bond acceptors (Lipinski definition) is 1. The van der Waals surface area contributed by atoms with E-state index in [-0.39, 0.29) is 5.41 Å². The van der Waals surface area contributed by atoms with Crippen LogP contribution in [0.3, 0.4) is 0 Å². The van der Waals surface area contributed by atoms with E-state index < -0.39 is 0 Å². The fourth-order valence-electron chi connectivity index (χ4n) is 9.17. The van der Waals surface area contributed by atoms with Crippen LogP contribution < -0.4 is 4.90 Å². The first-order chi connectivity index (χ1) is 22.3. The maximum absolute atomic E-state index is 2.45. The Morgan fingerprint density at radius 3 is 1.58 bits per heavy atom. The van der Waals surface area contributed by atoms with Crippen molar-refractivity contribution in [2.45, 2.75) is 75.5 Å².